The van der Waals surface area contributed by atoms with E-state index in [0.29, 0.717) is 54.4 Å². The maximum absolute atomic E-state index is 13.2. The minimum Gasteiger partial charge on any atom is -0.497 e. The number of hydrogen-bond acceptors (Lipinski definition) is 4. The number of halogens is 1. The van der Waals surface area contributed by atoms with Gasteiger partial charge in [0.05, 0.1) is 18.4 Å². The minimum absolute atomic E-state index is 0.0573. The summed E-state index contributed by atoms with van der Waals surface area (Å²) < 4.78 is 18.3. The predicted molar refractivity (Wildman–Crippen MR) is 121 cm³/mol. The molecular weight excluding hydrogens is 409 g/mol. The molecule has 2 amide bonds. The number of ether oxygens (including phenoxy) is 1. The number of anilines is 2. The molecule has 0 aromatic heterocycles. The number of nitrogens with one attached hydrogen (secondary N) is 1. The third kappa shape index (κ3) is 4.72. The Bertz CT molecular complexity index is 1090. The van der Waals surface area contributed by atoms with Gasteiger partial charge in [0, 0.05) is 37.4 Å². The van der Waals surface area contributed by atoms with E-state index in [9.17, 15) is 14.0 Å². The summed E-state index contributed by atoms with van der Waals surface area (Å²) in [6.07, 6.45) is 0. The lowest BCUT2D eigenvalue weighted by molar-refractivity contribution is 0.0536. The summed E-state index contributed by atoms with van der Waals surface area (Å²) in [4.78, 5) is 29.5. The molecule has 1 N–H and O–H groups in total. The smallest absolute Gasteiger partial charge is 0.256 e. The number of para-hydroxylation sites is 1. The summed E-state index contributed by atoms with van der Waals surface area (Å²) >= 11 is 0. The van der Waals surface area contributed by atoms with Crippen LogP contribution in [0.3, 0.4) is 0 Å². The molecule has 164 valence electrons. The summed E-state index contributed by atoms with van der Waals surface area (Å²) in [6.45, 7) is 1.82. The summed E-state index contributed by atoms with van der Waals surface area (Å²) in [5.74, 6) is 0.219. The van der Waals surface area contributed by atoms with E-state index in [1.54, 1.807) is 59.4 Å². The monoisotopic (exact) mass is 433 g/mol. The van der Waals surface area contributed by atoms with E-state index in [2.05, 4.69) is 5.32 Å². The van der Waals surface area contributed by atoms with Gasteiger partial charge in [-0.15, -0.1) is 0 Å². The normalized spacial score (nSPS) is 13.6. The van der Waals surface area contributed by atoms with Gasteiger partial charge in [-0.05, 0) is 60.7 Å². The van der Waals surface area contributed by atoms with E-state index in [4.69, 9.17) is 4.74 Å². The van der Waals surface area contributed by atoms with Crippen molar-refractivity contribution >= 4 is 23.2 Å². The number of piperazine rings is 1. The predicted octanol–water partition coefficient (Wildman–Crippen LogP) is 4.18. The molecule has 6 nitrogen and oxygen atoms in total. The Labute approximate surface area is 186 Å². The van der Waals surface area contributed by atoms with Crippen LogP contribution in [0.4, 0.5) is 15.8 Å². The van der Waals surface area contributed by atoms with E-state index in [0.717, 1.165) is 0 Å². The van der Waals surface area contributed by atoms with Crippen molar-refractivity contribution in [2.45, 2.75) is 0 Å². The minimum atomic E-state index is -0.318. The third-order valence-corrected chi connectivity index (χ3v) is 5.47. The highest BCUT2D eigenvalue weighted by molar-refractivity contribution is 6.00. The van der Waals surface area contributed by atoms with Crippen molar-refractivity contribution in [1.82, 2.24) is 9.80 Å². The molecule has 0 atom stereocenters. The van der Waals surface area contributed by atoms with Crippen molar-refractivity contribution in [3.05, 3.63) is 89.7 Å². The molecule has 0 spiro atoms. The van der Waals surface area contributed by atoms with Gasteiger partial charge in [-0.3, -0.25) is 9.59 Å². The summed E-state index contributed by atoms with van der Waals surface area (Å²) in [6, 6.07) is 20.2. The molecule has 0 unspecified atom stereocenters. The summed E-state index contributed by atoms with van der Waals surface area (Å²) in [5.41, 5.74) is 2.48. The van der Waals surface area contributed by atoms with E-state index >= 15 is 0 Å². The molecule has 32 heavy (non-hydrogen) atoms. The number of amides is 2. The van der Waals surface area contributed by atoms with Crippen LogP contribution in [-0.2, 0) is 0 Å². The quantitative estimate of drug-likeness (QED) is 0.656. The Balaban J connectivity index is 1.41. The lowest BCUT2D eigenvalue weighted by Gasteiger charge is -2.35. The molecule has 0 saturated carbocycles. The van der Waals surface area contributed by atoms with Crippen LogP contribution in [-0.4, -0.2) is 54.9 Å². The third-order valence-electron chi connectivity index (χ3n) is 5.47. The van der Waals surface area contributed by atoms with Gasteiger partial charge in [0.1, 0.15) is 11.6 Å². The number of benzene rings is 3. The highest BCUT2D eigenvalue weighted by Gasteiger charge is 2.26. The molecule has 0 bridgehead atoms. The number of carbonyl (C=O) groups is 2. The highest BCUT2D eigenvalue weighted by atomic mass is 19.1. The van der Waals surface area contributed by atoms with Crippen molar-refractivity contribution in [2.75, 3.05) is 38.6 Å². The first-order valence-electron chi connectivity index (χ1n) is 10.4. The van der Waals surface area contributed by atoms with Crippen molar-refractivity contribution in [1.29, 1.82) is 0 Å². The van der Waals surface area contributed by atoms with E-state index in [1.165, 1.54) is 12.1 Å². The van der Waals surface area contributed by atoms with Crippen LogP contribution in [0.15, 0.2) is 72.8 Å². The molecule has 1 fully saturated rings. The van der Waals surface area contributed by atoms with Gasteiger partial charge in [0.25, 0.3) is 11.8 Å². The van der Waals surface area contributed by atoms with Crippen molar-refractivity contribution < 1.29 is 18.7 Å². The van der Waals surface area contributed by atoms with Gasteiger partial charge in [-0.2, -0.15) is 0 Å². The van der Waals surface area contributed by atoms with Crippen LogP contribution in [0.1, 0.15) is 20.7 Å². The summed E-state index contributed by atoms with van der Waals surface area (Å²) in [7, 11) is 1.58. The molecule has 3 aromatic rings. The first-order valence-corrected chi connectivity index (χ1v) is 10.4. The maximum Gasteiger partial charge on any atom is 0.256 e. The number of hydrogen-bond donors (Lipinski definition) is 1. The largest absolute Gasteiger partial charge is 0.497 e. The average Bonchev–Trinajstić information content (AvgIpc) is 2.85. The molecule has 0 radical (unpaired) electrons. The van der Waals surface area contributed by atoms with Gasteiger partial charge < -0.3 is 19.9 Å². The molecule has 7 heteroatoms. The Morgan fingerprint density at radius 1 is 0.812 bits per heavy atom. The van der Waals surface area contributed by atoms with E-state index in [1.807, 2.05) is 18.2 Å². The van der Waals surface area contributed by atoms with Crippen molar-refractivity contribution in [3.8, 4) is 5.75 Å². The van der Waals surface area contributed by atoms with E-state index < -0.39 is 0 Å². The van der Waals surface area contributed by atoms with Gasteiger partial charge in [-0.1, -0.05) is 12.1 Å². The van der Waals surface area contributed by atoms with Crippen LogP contribution in [0, 0.1) is 5.82 Å². The number of rotatable bonds is 5. The van der Waals surface area contributed by atoms with Gasteiger partial charge >= 0.3 is 0 Å². The SMILES string of the molecule is COc1ccc(C(=O)N2CCN(C(=O)c3ccccc3Nc3ccc(F)cc3)CC2)cc1. The second kappa shape index (κ2) is 9.51. The molecular formula is C25H24FN3O3. The standard InChI is InChI=1S/C25H24FN3O3/c1-32-21-12-6-18(7-13-21)24(30)28-14-16-29(17-15-28)25(31)22-4-2-3-5-23(22)27-20-10-8-19(26)9-11-20/h2-13,27H,14-17H2,1H3. The van der Waals surface area contributed by atoms with Crippen LogP contribution in [0.25, 0.3) is 0 Å². The van der Waals surface area contributed by atoms with Gasteiger partial charge in [0.15, 0.2) is 0 Å². The maximum atomic E-state index is 13.2. The zero-order valence-electron chi connectivity index (χ0n) is 17.8. The van der Waals surface area contributed by atoms with Crippen LogP contribution in [0.2, 0.25) is 0 Å². The topological polar surface area (TPSA) is 61.9 Å². The van der Waals surface area contributed by atoms with Crippen molar-refractivity contribution in [2.24, 2.45) is 0 Å². The molecule has 1 saturated heterocycles. The molecule has 3 aromatic carbocycles. The lowest BCUT2D eigenvalue weighted by Crippen LogP contribution is -2.50. The summed E-state index contributed by atoms with van der Waals surface area (Å²) in [5, 5.41) is 3.19. The first-order chi connectivity index (χ1) is 15.5. The van der Waals surface area contributed by atoms with Crippen molar-refractivity contribution in [3.63, 3.8) is 0 Å². The Morgan fingerprint density at radius 3 is 2.03 bits per heavy atom. The Kier molecular flexibility index (Phi) is 6.35. The first kappa shape index (κ1) is 21.4. The van der Waals surface area contributed by atoms with E-state index in [-0.39, 0.29) is 17.6 Å². The fourth-order valence-corrected chi connectivity index (χ4v) is 3.67. The van der Waals surface area contributed by atoms with Crippen LogP contribution >= 0.6 is 0 Å². The van der Waals surface area contributed by atoms with Crippen LogP contribution < -0.4 is 10.1 Å². The fourth-order valence-electron chi connectivity index (χ4n) is 3.67. The number of carbonyl (C=O) groups excluding carboxylic acids is 2. The second-order valence-corrected chi connectivity index (χ2v) is 7.49. The lowest BCUT2D eigenvalue weighted by atomic mass is 10.1. The van der Waals surface area contributed by atoms with Gasteiger partial charge in [-0.25, -0.2) is 4.39 Å². The fraction of sp³-hybridized carbons (Fsp3) is 0.200. The second-order valence-electron chi connectivity index (χ2n) is 7.49. The Morgan fingerprint density at radius 2 is 1.41 bits per heavy atom. The molecule has 0 aliphatic carbocycles. The highest BCUT2D eigenvalue weighted by Crippen LogP contribution is 2.23. The van der Waals surface area contributed by atoms with Crippen LogP contribution in [0.5, 0.6) is 5.75 Å². The van der Waals surface area contributed by atoms with Gasteiger partial charge in [0.2, 0.25) is 0 Å². The zero-order valence-corrected chi connectivity index (χ0v) is 17.8. The molecule has 1 heterocycles. The molecule has 4 rings (SSSR count). The molecule has 1 aliphatic rings. The Hall–Kier alpha value is -3.87. The molecule has 1 aliphatic heterocycles. The zero-order chi connectivity index (χ0) is 22.5. The number of nitrogens with zero attached hydrogens (tertiary/aromatic N) is 2. The average molecular weight is 433 g/mol. The number of methoxy groups -OCH3 is 1.